The average Bonchev–Trinajstić information content (AvgIpc) is 3.54. The second-order valence-electron chi connectivity index (χ2n) is 7.80. The number of nitrogens with one attached hydrogen (secondary N) is 5. The number of nitrogens with zero attached hydrogens (tertiary/aromatic N) is 3. The Hall–Kier alpha value is -4.47. The fourth-order valence-corrected chi connectivity index (χ4v) is 3.21. The highest BCUT2D eigenvalue weighted by Gasteiger charge is 2.30. The number of nitrogens with two attached hydrogens (primary N) is 3. The van der Waals surface area contributed by atoms with Gasteiger partial charge in [-0.15, -0.1) is 0 Å². The van der Waals surface area contributed by atoms with Crippen LogP contribution in [0.2, 0.25) is 0 Å². The molecule has 0 aliphatic rings. The topological polar surface area (TPSA) is 272 Å². The molecule has 2 heterocycles. The molecule has 0 bridgehead atoms. The van der Waals surface area contributed by atoms with Gasteiger partial charge in [-0.05, 0) is 12.8 Å². The van der Waals surface area contributed by atoms with Gasteiger partial charge in [0.2, 0.25) is 17.7 Å². The van der Waals surface area contributed by atoms with Crippen LogP contribution in [0.4, 0.5) is 0 Å². The third-order valence-electron chi connectivity index (χ3n) is 4.99. The van der Waals surface area contributed by atoms with Crippen molar-refractivity contribution in [2.24, 2.45) is 22.2 Å². The SMILES string of the molecule is NCC(=O)NC(Cc1cnc[nH]1)C(=O)NC(CCCN=C(N)N)C(=O)NC(Cc1cnc[nH]1)C(=O)O. The number of imidazole rings is 2. The molecular weight excluding hydrogens is 474 g/mol. The molecule has 0 spiro atoms. The van der Waals surface area contributed by atoms with Crippen LogP contribution in [0, 0.1) is 0 Å². The van der Waals surface area contributed by atoms with Crippen molar-refractivity contribution >= 4 is 29.7 Å². The van der Waals surface area contributed by atoms with E-state index in [0.717, 1.165) is 0 Å². The van der Waals surface area contributed by atoms with Gasteiger partial charge < -0.3 is 48.2 Å². The van der Waals surface area contributed by atoms with Gasteiger partial charge in [0.05, 0.1) is 19.2 Å². The minimum Gasteiger partial charge on any atom is -0.480 e. The second-order valence-corrected chi connectivity index (χ2v) is 7.80. The number of hydrogen-bond acceptors (Lipinski definition) is 8. The summed E-state index contributed by atoms with van der Waals surface area (Å²) in [5.74, 6) is -3.38. The Morgan fingerprint density at radius 2 is 1.47 bits per heavy atom. The lowest BCUT2D eigenvalue weighted by Crippen LogP contribution is -2.57. The molecule has 36 heavy (non-hydrogen) atoms. The zero-order valence-corrected chi connectivity index (χ0v) is 19.4. The molecule has 2 rings (SSSR count). The summed E-state index contributed by atoms with van der Waals surface area (Å²) in [6, 6.07) is -3.50. The Balaban J connectivity index is 2.16. The Morgan fingerprint density at radius 1 is 0.917 bits per heavy atom. The Kier molecular flexibility index (Phi) is 10.8. The van der Waals surface area contributed by atoms with Crippen LogP contribution in [0.5, 0.6) is 0 Å². The molecule has 0 aliphatic carbocycles. The Morgan fingerprint density at radius 3 is 1.97 bits per heavy atom. The van der Waals surface area contributed by atoms with Gasteiger partial charge in [0.1, 0.15) is 18.1 Å². The first-order valence-corrected chi connectivity index (χ1v) is 11.0. The van der Waals surface area contributed by atoms with Crippen LogP contribution in [0.15, 0.2) is 30.0 Å². The van der Waals surface area contributed by atoms with E-state index in [9.17, 15) is 24.3 Å². The van der Waals surface area contributed by atoms with Crippen LogP contribution in [-0.4, -0.2) is 85.9 Å². The lowest BCUT2D eigenvalue weighted by molar-refractivity contribution is -0.142. The van der Waals surface area contributed by atoms with E-state index in [1.165, 1.54) is 25.0 Å². The number of H-pyrrole nitrogens is 2. The van der Waals surface area contributed by atoms with E-state index in [1.54, 1.807) is 0 Å². The number of rotatable bonds is 15. The summed E-state index contributed by atoms with van der Waals surface area (Å²) in [4.78, 5) is 66.9. The largest absolute Gasteiger partial charge is 0.480 e. The van der Waals surface area contributed by atoms with Crippen LogP contribution in [0.3, 0.4) is 0 Å². The molecule has 2 aromatic heterocycles. The van der Waals surface area contributed by atoms with Crippen LogP contribution < -0.4 is 33.2 Å². The maximum atomic E-state index is 13.1. The number of carbonyl (C=O) groups excluding carboxylic acids is 3. The number of aromatic amines is 2. The third-order valence-corrected chi connectivity index (χ3v) is 4.99. The first kappa shape index (κ1) is 27.8. The number of aliphatic carboxylic acids is 1. The van der Waals surface area contributed by atoms with E-state index < -0.39 is 41.8 Å². The number of carboxylic acids is 1. The van der Waals surface area contributed by atoms with E-state index in [-0.39, 0.29) is 38.3 Å². The highest BCUT2D eigenvalue weighted by Crippen LogP contribution is 2.05. The number of carboxylic acid groups (broad SMARTS) is 1. The quantitative estimate of drug-likeness (QED) is 0.0653. The fraction of sp³-hybridized carbons (Fsp3) is 0.450. The molecule has 3 unspecified atom stereocenters. The average molecular weight is 506 g/mol. The fourth-order valence-electron chi connectivity index (χ4n) is 3.21. The molecule has 3 atom stereocenters. The molecule has 0 fully saturated rings. The van der Waals surface area contributed by atoms with Crippen molar-refractivity contribution in [3.63, 3.8) is 0 Å². The van der Waals surface area contributed by atoms with Crippen LogP contribution >= 0.6 is 0 Å². The van der Waals surface area contributed by atoms with Crippen LogP contribution in [0.25, 0.3) is 0 Å². The summed E-state index contributed by atoms with van der Waals surface area (Å²) in [6.07, 6.45) is 6.13. The highest BCUT2D eigenvalue weighted by molar-refractivity contribution is 5.93. The predicted molar refractivity (Wildman–Crippen MR) is 127 cm³/mol. The van der Waals surface area contributed by atoms with Crippen molar-refractivity contribution in [3.05, 3.63) is 36.4 Å². The molecule has 2 aromatic rings. The first-order valence-electron chi connectivity index (χ1n) is 11.0. The third kappa shape index (κ3) is 9.41. The summed E-state index contributed by atoms with van der Waals surface area (Å²) in [7, 11) is 0. The van der Waals surface area contributed by atoms with Crippen molar-refractivity contribution < 1.29 is 24.3 Å². The van der Waals surface area contributed by atoms with E-state index in [4.69, 9.17) is 17.2 Å². The van der Waals surface area contributed by atoms with Gasteiger partial charge in [0.15, 0.2) is 5.96 Å². The predicted octanol–water partition coefficient (Wildman–Crippen LogP) is -3.53. The number of hydrogen-bond donors (Lipinski definition) is 9. The number of guanidine groups is 1. The minimum absolute atomic E-state index is 0.0508. The van der Waals surface area contributed by atoms with E-state index in [0.29, 0.717) is 17.8 Å². The molecule has 16 nitrogen and oxygen atoms in total. The van der Waals surface area contributed by atoms with Gasteiger partial charge in [0, 0.05) is 43.2 Å². The number of aromatic nitrogens is 4. The number of aliphatic imine (C=N–C) groups is 1. The second kappa shape index (κ2) is 14.1. The molecule has 0 aliphatic heterocycles. The summed E-state index contributed by atoms with van der Waals surface area (Å²) in [5.41, 5.74) is 17.1. The van der Waals surface area contributed by atoms with Gasteiger partial charge >= 0.3 is 5.97 Å². The minimum atomic E-state index is -1.28. The lowest BCUT2D eigenvalue weighted by atomic mass is 10.1. The highest BCUT2D eigenvalue weighted by atomic mass is 16.4. The number of amides is 3. The molecule has 196 valence electrons. The molecule has 16 heteroatoms. The van der Waals surface area contributed by atoms with Gasteiger partial charge in [-0.1, -0.05) is 0 Å². The maximum Gasteiger partial charge on any atom is 0.326 e. The number of carbonyl (C=O) groups is 4. The zero-order valence-electron chi connectivity index (χ0n) is 19.4. The van der Waals surface area contributed by atoms with E-state index in [1.807, 2.05) is 0 Å². The monoisotopic (exact) mass is 505 g/mol. The van der Waals surface area contributed by atoms with Crippen LogP contribution in [-0.2, 0) is 32.0 Å². The standard InChI is InChI=1S/C20H31N11O5/c21-6-16(32)29-14(4-11-7-24-9-27-11)18(34)30-13(2-1-3-26-20(22)23)17(33)31-15(19(35)36)5-12-8-25-10-28-12/h7-10,13-15H,1-6,21H2,(H,24,27)(H,25,28)(H,29,32)(H,30,34)(H,31,33)(H,35,36)(H4,22,23,26). The molecule has 12 N–H and O–H groups in total. The van der Waals surface area contributed by atoms with Gasteiger partial charge in [-0.2, -0.15) is 0 Å². The summed E-state index contributed by atoms with van der Waals surface area (Å²) in [5, 5.41) is 17.1. The molecule has 0 saturated carbocycles. The Labute approximate surface area is 205 Å². The van der Waals surface area contributed by atoms with E-state index >= 15 is 0 Å². The first-order chi connectivity index (χ1) is 17.2. The van der Waals surface area contributed by atoms with Crippen molar-refractivity contribution in [1.82, 2.24) is 35.9 Å². The lowest BCUT2D eigenvalue weighted by Gasteiger charge is -2.24. The molecular formula is C20H31N11O5. The van der Waals surface area contributed by atoms with Gasteiger partial charge in [-0.3, -0.25) is 19.4 Å². The van der Waals surface area contributed by atoms with Crippen molar-refractivity contribution in [2.75, 3.05) is 13.1 Å². The maximum absolute atomic E-state index is 13.1. The smallest absolute Gasteiger partial charge is 0.326 e. The van der Waals surface area contributed by atoms with Crippen molar-refractivity contribution in [1.29, 1.82) is 0 Å². The molecule has 0 saturated heterocycles. The Bertz CT molecular complexity index is 1020. The zero-order chi connectivity index (χ0) is 26.5. The van der Waals surface area contributed by atoms with E-state index in [2.05, 4.69) is 40.9 Å². The summed E-state index contributed by atoms with van der Waals surface area (Å²) in [6.45, 7) is -0.164. The molecule has 0 aromatic carbocycles. The van der Waals surface area contributed by atoms with Crippen molar-refractivity contribution in [3.8, 4) is 0 Å². The summed E-state index contributed by atoms with van der Waals surface area (Å²) >= 11 is 0. The molecule has 0 radical (unpaired) electrons. The van der Waals surface area contributed by atoms with Gasteiger partial charge in [-0.25, -0.2) is 14.8 Å². The summed E-state index contributed by atoms with van der Waals surface area (Å²) < 4.78 is 0. The van der Waals surface area contributed by atoms with Crippen molar-refractivity contribution in [2.45, 2.75) is 43.8 Å². The van der Waals surface area contributed by atoms with Gasteiger partial charge in [0.25, 0.3) is 0 Å². The van der Waals surface area contributed by atoms with Crippen LogP contribution in [0.1, 0.15) is 24.2 Å². The molecule has 3 amide bonds. The normalized spacial score (nSPS) is 13.1.